The number of ether oxygens (including phenoxy) is 2. The number of epoxide rings is 1. The molecule has 0 amide bonds. The molecule has 0 bridgehead atoms. The Labute approximate surface area is 352 Å². The Bertz CT molecular complexity index is 2360. The molecule has 10 nitrogen and oxygen atoms in total. The molecule has 1 spiro atoms. The zero-order valence-electron chi connectivity index (χ0n) is 36.2. The highest BCUT2D eigenvalue weighted by Crippen LogP contribution is 2.81. The third kappa shape index (κ3) is 4.59. The Morgan fingerprint density at radius 2 is 1.78 bits per heavy atom. The van der Waals surface area contributed by atoms with E-state index < -0.39 is 56.6 Å². The second kappa shape index (κ2) is 12.2. The number of rotatable bonds is 2. The van der Waals surface area contributed by atoms with E-state index in [4.69, 9.17) is 24.8 Å². The number of ketones is 2. The van der Waals surface area contributed by atoms with Crippen LogP contribution in [0.15, 0.2) is 62.8 Å². The summed E-state index contributed by atoms with van der Waals surface area (Å²) < 4.78 is 23.4. The van der Waals surface area contributed by atoms with E-state index in [0.29, 0.717) is 36.2 Å². The molecule has 0 aromatic carbocycles. The number of hydrogen-bond acceptors (Lipinski definition) is 10. The Hall–Kier alpha value is -4.20. The van der Waals surface area contributed by atoms with Crippen LogP contribution in [0.5, 0.6) is 0 Å². The fourth-order valence-corrected chi connectivity index (χ4v) is 16.4. The van der Waals surface area contributed by atoms with Gasteiger partial charge in [0.25, 0.3) is 0 Å². The van der Waals surface area contributed by atoms with Crippen molar-refractivity contribution in [1.29, 1.82) is 0 Å². The maximum absolute atomic E-state index is 14.3. The molecule has 2 aromatic rings. The first-order valence-electron chi connectivity index (χ1n) is 22.1. The highest BCUT2D eigenvalue weighted by atomic mass is 16.6. The van der Waals surface area contributed by atoms with Crippen molar-refractivity contribution < 1.29 is 43.0 Å². The number of allylic oxidation sites excluding steroid dienone is 5. The van der Waals surface area contributed by atoms with Crippen LogP contribution in [-0.2, 0) is 30.3 Å². The van der Waals surface area contributed by atoms with Crippen molar-refractivity contribution in [3.05, 3.63) is 70.7 Å². The molecule has 6 fully saturated rings. The van der Waals surface area contributed by atoms with E-state index in [1.54, 1.807) is 44.1 Å². The van der Waals surface area contributed by atoms with Crippen LogP contribution in [0.1, 0.15) is 130 Å². The summed E-state index contributed by atoms with van der Waals surface area (Å²) in [6.45, 7) is 15.5. The van der Waals surface area contributed by atoms with Crippen molar-refractivity contribution in [2.75, 3.05) is 0 Å². The first-order valence-corrected chi connectivity index (χ1v) is 22.1. The number of carbonyl (C=O) groups is 3. The molecule has 8 aliphatic carbocycles. The van der Waals surface area contributed by atoms with Gasteiger partial charge in [0.15, 0.2) is 17.3 Å². The van der Waals surface area contributed by atoms with Crippen LogP contribution in [0.4, 0.5) is 0 Å². The van der Waals surface area contributed by atoms with Gasteiger partial charge in [0.1, 0.15) is 17.3 Å². The van der Waals surface area contributed by atoms with Crippen LogP contribution < -0.4 is 0 Å². The minimum Gasteiger partial charge on any atom is -0.504 e. The third-order valence-corrected chi connectivity index (χ3v) is 19.0. The number of aliphatic hydroxyl groups excluding tert-OH is 1. The summed E-state index contributed by atoms with van der Waals surface area (Å²) in [5.74, 6) is 3.80. The van der Waals surface area contributed by atoms with Crippen LogP contribution >= 0.6 is 0 Å². The molecular formula is C50H59NO9. The summed E-state index contributed by atoms with van der Waals surface area (Å²) in [7, 11) is 0. The lowest BCUT2D eigenvalue weighted by molar-refractivity contribution is -0.200. The van der Waals surface area contributed by atoms with E-state index in [-0.39, 0.29) is 34.4 Å². The highest BCUT2D eigenvalue weighted by Gasteiger charge is 2.89. The number of Topliss-reactive ketones (excluding diaryl/α,β-unsaturated/α-hetero) is 1. The summed E-state index contributed by atoms with van der Waals surface area (Å²) in [6, 6.07) is 1.95. The van der Waals surface area contributed by atoms with Gasteiger partial charge >= 0.3 is 5.97 Å². The lowest BCUT2D eigenvalue weighted by Crippen LogP contribution is -2.70. The molecule has 3 heterocycles. The molecule has 2 aromatic heterocycles. The second-order valence-corrected chi connectivity index (χ2v) is 21.7. The number of hydrogen-bond donors (Lipinski definition) is 2. The Balaban J connectivity index is 0.000000152. The lowest BCUT2D eigenvalue weighted by atomic mass is 9.38. The maximum atomic E-state index is 14.3. The van der Waals surface area contributed by atoms with Crippen LogP contribution in [0.25, 0.3) is 6.08 Å². The predicted octanol–water partition coefficient (Wildman–Crippen LogP) is 8.66. The smallest absolute Gasteiger partial charge is 0.302 e. The number of nitrogens with zero attached hydrogens (tertiary/aromatic N) is 1. The van der Waals surface area contributed by atoms with Crippen molar-refractivity contribution in [2.24, 2.45) is 56.2 Å². The topological polar surface area (TPSA) is 153 Å². The number of fused-ring (bicyclic) bond motifs is 9. The van der Waals surface area contributed by atoms with E-state index in [0.717, 1.165) is 49.8 Å². The van der Waals surface area contributed by atoms with E-state index >= 15 is 0 Å². The minimum atomic E-state index is -1.17. The van der Waals surface area contributed by atoms with Gasteiger partial charge < -0.3 is 28.6 Å². The number of carbonyl (C=O) groups excluding carboxylic acids is 3. The van der Waals surface area contributed by atoms with Gasteiger partial charge in [-0.3, -0.25) is 14.4 Å². The largest absolute Gasteiger partial charge is 0.504 e. The van der Waals surface area contributed by atoms with Crippen LogP contribution in [0, 0.1) is 68.5 Å². The van der Waals surface area contributed by atoms with Gasteiger partial charge in [-0.25, -0.2) is 0 Å². The van der Waals surface area contributed by atoms with Gasteiger partial charge in [0, 0.05) is 34.7 Å². The average Bonchev–Trinajstić information content (AvgIpc) is 3.55. The standard InChI is InChI=1S/C28H32O7.C22H27NO2/c1-14(29)34-17-12-26(5)16(15-8-10-33-13-15)11-19-28(26,35-19)27(6)21(17)25(4)9-7-18(30)24(2,3)22(25)20(31)23(27)32;1-4-22(24)10-8-18-16-6-5-15-11-19-14(13-23-25-19)12-20(15,2)17(16)7-9-21(18,22)3/h7-10,13,16-17,19,21,31H,11-12H2,1-6H3;1,11,13,16-18,24H,5-10,12H2,2-3H3. The number of aliphatic hydroxyl groups is 2. The zero-order chi connectivity index (χ0) is 42.8. The molecule has 2 N–H and O–H groups in total. The number of terminal acetylenes is 1. The average molecular weight is 818 g/mol. The van der Waals surface area contributed by atoms with Crippen molar-refractivity contribution in [2.45, 2.75) is 143 Å². The normalized spacial score (nSPS) is 47.3. The van der Waals surface area contributed by atoms with Gasteiger partial charge in [-0.1, -0.05) is 50.4 Å². The molecule has 1 aliphatic heterocycles. The Kier molecular flexibility index (Phi) is 8.15. The molecule has 11 rings (SSSR count). The van der Waals surface area contributed by atoms with Gasteiger partial charge in [-0.05, 0) is 137 Å². The Morgan fingerprint density at radius 3 is 2.48 bits per heavy atom. The fourth-order valence-electron chi connectivity index (χ4n) is 16.4. The summed E-state index contributed by atoms with van der Waals surface area (Å²) in [6.07, 6.45) is 24.6. The number of aromatic nitrogens is 1. The molecule has 5 saturated carbocycles. The molecule has 318 valence electrons. The molecule has 1 saturated heterocycles. The first-order chi connectivity index (χ1) is 28.2. The van der Waals surface area contributed by atoms with Gasteiger partial charge in [0.2, 0.25) is 5.78 Å². The van der Waals surface area contributed by atoms with Gasteiger partial charge in [-0.2, -0.15) is 0 Å². The Morgan fingerprint density at radius 1 is 1.03 bits per heavy atom. The van der Waals surface area contributed by atoms with Crippen molar-refractivity contribution >= 4 is 23.6 Å². The van der Waals surface area contributed by atoms with Crippen molar-refractivity contribution in [1.82, 2.24) is 5.16 Å². The second-order valence-electron chi connectivity index (χ2n) is 21.7. The SMILES string of the molecule is C#CC1(O)CCC2C3CCC4=Cc5oncc5CC4(C)C3CCC21C.CC(=O)OC1CC2(C)C(c3ccoc3)CC3OC32C2(C)C(=O)C(O)=C3C(C)(C)C(=O)C=CC3(C)C12. The first kappa shape index (κ1) is 39.9. The molecular weight excluding hydrogens is 759 g/mol. The van der Waals surface area contributed by atoms with Crippen LogP contribution in [-0.4, -0.2) is 56.3 Å². The molecule has 60 heavy (non-hydrogen) atoms. The predicted molar refractivity (Wildman–Crippen MR) is 221 cm³/mol. The van der Waals surface area contributed by atoms with E-state index in [2.05, 4.69) is 37.9 Å². The molecule has 14 unspecified atom stereocenters. The van der Waals surface area contributed by atoms with E-state index in [9.17, 15) is 24.6 Å². The quantitative estimate of drug-likeness (QED) is 0.171. The van der Waals surface area contributed by atoms with Crippen LogP contribution in [0.3, 0.4) is 0 Å². The number of furan rings is 1. The van der Waals surface area contributed by atoms with E-state index in [1.165, 1.54) is 18.9 Å². The fraction of sp³-hybridized carbons (Fsp3) is 0.640. The molecule has 14 atom stereocenters. The summed E-state index contributed by atoms with van der Waals surface area (Å²) >= 11 is 0. The zero-order valence-corrected chi connectivity index (χ0v) is 36.2. The lowest BCUT2D eigenvalue weighted by Gasteiger charge is -2.64. The highest BCUT2D eigenvalue weighted by molar-refractivity contribution is 6.06. The minimum absolute atomic E-state index is 0.0453. The van der Waals surface area contributed by atoms with Crippen molar-refractivity contribution in [3.8, 4) is 12.3 Å². The van der Waals surface area contributed by atoms with E-state index in [1.807, 2.05) is 26.1 Å². The van der Waals surface area contributed by atoms with Gasteiger partial charge in [0.05, 0.1) is 35.7 Å². The molecule has 9 aliphatic rings. The van der Waals surface area contributed by atoms with Crippen molar-refractivity contribution in [3.63, 3.8) is 0 Å². The summed E-state index contributed by atoms with van der Waals surface area (Å²) in [5.41, 5.74) is -1.07. The summed E-state index contributed by atoms with van der Waals surface area (Å²) in [4.78, 5) is 39.6. The monoisotopic (exact) mass is 817 g/mol. The third-order valence-electron chi connectivity index (χ3n) is 19.0. The van der Waals surface area contributed by atoms with Crippen LogP contribution in [0.2, 0.25) is 0 Å². The number of esters is 1. The molecule has 10 heteroatoms. The van der Waals surface area contributed by atoms with Gasteiger partial charge in [-0.15, -0.1) is 6.42 Å². The molecule has 0 radical (unpaired) electrons. The maximum Gasteiger partial charge on any atom is 0.302 e. The summed E-state index contributed by atoms with van der Waals surface area (Å²) in [5, 5.41) is 26.6.